The molecule has 0 spiro atoms. The highest BCUT2D eigenvalue weighted by Crippen LogP contribution is 2.12. The van der Waals surface area contributed by atoms with Crippen LogP contribution in [0.25, 0.3) is 0 Å². The van der Waals surface area contributed by atoms with Crippen LogP contribution in [0.5, 0.6) is 0 Å². The van der Waals surface area contributed by atoms with E-state index in [0.29, 0.717) is 12.8 Å². The van der Waals surface area contributed by atoms with E-state index in [4.69, 9.17) is 0 Å². The first-order valence-corrected chi connectivity index (χ1v) is 15.3. The maximum absolute atomic E-state index is 11.3. The molecule has 0 aliphatic rings. The van der Waals surface area contributed by atoms with Gasteiger partial charge < -0.3 is 10.6 Å². The summed E-state index contributed by atoms with van der Waals surface area (Å²) in [4.78, 5) is 22.2. The molecule has 0 atom stereocenters. The highest BCUT2D eigenvalue weighted by atomic mass is 16.2. The van der Waals surface area contributed by atoms with Gasteiger partial charge in [0.15, 0.2) is 0 Å². The molecule has 0 aromatic carbocycles. The molecule has 0 aliphatic carbocycles. The topological polar surface area (TPSA) is 58.2 Å². The van der Waals surface area contributed by atoms with Gasteiger partial charge in [0, 0.05) is 25.9 Å². The second-order valence-electron chi connectivity index (χ2n) is 9.67. The zero-order chi connectivity index (χ0) is 27.7. The molecular formula is C31H68N2O2. The van der Waals surface area contributed by atoms with Crippen molar-refractivity contribution in [2.75, 3.05) is 7.05 Å². The summed E-state index contributed by atoms with van der Waals surface area (Å²) in [6.45, 7) is 18.8. The Kier molecular flexibility index (Phi) is 44.0. The summed E-state index contributed by atoms with van der Waals surface area (Å²) in [5, 5.41) is 5.57. The van der Waals surface area contributed by atoms with E-state index in [9.17, 15) is 9.59 Å². The number of unbranched alkanes of at least 4 members (excludes halogenated alkanes) is 12. The largest absolute Gasteiger partial charge is 0.359 e. The van der Waals surface area contributed by atoms with Gasteiger partial charge in [0.1, 0.15) is 0 Å². The van der Waals surface area contributed by atoms with Crippen LogP contribution in [-0.4, -0.2) is 24.9 Å². The molecule has 0 aromatic rings. The summed E-state index contributed by atoms with van der Waals surface area (Å²) in [5.74, 6) is 1.23. The minimum atomic E-state index is 0.176. The van der Waals surface area contributed by atoms with Crippen LogP contribution in [0.2, 0.25) is 0 Å². The minimum Gasteiger partial charge on any atom is -0.359 e. The van der Waals surface area contributed by atoms with Crippen LogP contribution in [0.15, 0.2) is 0 Å². The van der Waals surface area contributed by atoms with Gasteiger partial charge in [-0.05, 0) is 32.6 Å². The summed E-state index contributed by atoms with van der Waals surface area (Å²) < 4.78 is 0. The lowest BCUT2D eigenvalue weighted by atomic mass is 10.0. The normalized spacial score (nSPS) is 9.83. The van der Waals surface area contributed by atoms with E-state index in [2.05, 4.69) is 31.4 Å². The van der Waals surface area contributed by atoms with Gasteiger partial charge in [0.25, 0.3) is 0 Å². The van der Waals surface area contributed by atoms with E-state index in [0.717, 1.165) is 18.8 Å². The molecule has 35 heavy (non-hydrogen) atoms. The molecule has 4 nitrogen and oxygen atoms in total. The van der Waals surface area contributed by atoms with Crippen LogP contribution in [0.3, 0.4) is 0 Å². The first-order valence-electron chi connectivity index (χ1n) is 15.3. The van der Waals surface area contributed by atoms with E-state index >= 15 is 0 Å². The van der Waals surface area contributed by atoms with Crippen LogP contribution >= 0.6 is 0 Å². The van der Waals surface area contributed by atoms with Gasteiger partial charge in [0.05, 0.1) is 0 Å². The van der Waals surface area contributed by atoms with E-state index in [1.807, 2.05) is 41.5 Å². The monoisotopic (exact) mass is 501 g/mol. The number of hydrogen-bond acceptors (Lipinski definition) is 2. The second-order valence-corrected chi connectivity index (χ2v) is 9.67. The molecule has 0 bridgehead atoms. The average molecular weight is 501 g/mol. The molecule has 0 aromatic heterocycles. The number of amides is 2. The van der Waals surface area contributed by atoms with E-state index in [1.54, 1.807) is 7.05 Å². The predicted molar refractivity (Wildman–Crippen MR) is 159 cm³/mol. The second kappa shape index (κ2) is 37.5. The summed E-state index contributed by atoms with van der Waals surface area (Å²) >= 11 is 0. The number of nitrogens with one attached hydrogen (secondary N) is 2. The molecule has 0 saturated heterocycles. The van der Waals surface area contributed by atoms with E-state index in [-0.39, 0.29) is 17.9 Å². The molecular weight excluding hydrogens is 432 g/mol. The summed E-state index contributed by atoms with van der Waals surface area (Å²) in [5.41, 5.74) is 0. The maximum atomic E-state index is 11.3. The lowest BCUT2D eigenvalue weighted by Gasteiger charge is -2.07. The van der Waals surface area contributed by atoms with E-state index in [1.165, 1.54) is 83.5 Å². The molecule has 0 heterocycles. The zero-order valence-corrected chi connectivity index (χ0v) is 26.0. The van der Waals surface area contributed by atoms with Crippen LogP contribution < -0.4 is 10.6 Å². The van der Waals surface area contributed by atoms with Gasteiger partial charge in [-0.3, -0.25) is 9.59 Å². The summed E-state index contributed by atoms with van der Waals surface area (Å²) in [7, 11) is 1.70. The predicted octanol–water partition coefficient (Wildman–Crippen LogP) is 9.60. The Bertz CT molecular complexity index is 395. The van der Waals surface area contributed by atoms with Crippen molar-refractivity contribution in [1.29, 1.82) is 0 Å². The third kappa shape index (κ3) is 46.9. The maximum Gasteiger partial charge on any atom is 0.220 e. The number of rotatable bonds is 19. The average Bonchev–Trinajstić information content (AvgIpc) is 2.84. The van der Waals surface area contributed by atoms with Crippen molar-refractivity contribution in [2.24, 2.45) is 5.92 Å². The molecule has 0 unspecified atom stereocenters. The Balaban J connectivity index is -0.000000240. The molecule has 0 rings (SSSR count). The first kappa shape index (κ1) is 41.1. The third-order valence-electron chi connectivity index (χ3n) is 5.42. The van der Waals surface area contributed by atoms with Crippen LogP contribution in [-0.2, 0) is 9.59 Å². The summed E-state index contributed by atoms with van der Waals surface area (Å²) in [6, 6.07) is 0.279. The Hall–Kier alpha value is -1.06. The molecule has 2 N–H and O–H groups in total. The van der Waals surface area contributed by atoms with Crippen molar-refractivity contribution >= 4 is 11.8 Å². The third-order valence-corrected chi connectivity index (χ3v) is 5.42. The fourth-order valence-electron chi connectivity index (χ4n) is 3.48. The van der Waals surface area contributed by atoms with Crippen LogP contribution in [0.1, 0.15) is 171 Å². The Morgan fingerprint density at radius 2 is 0.943 bits per heavy atom. The quantitative estimate of drug-likeness (QED) is 0.173. The van der Waals surface area contributed by atoms with Crippen molar-refractivity contribution < 1.29 is 9.59 Å². The van der Waals surface area contributed by atoms with Crippen LogP contribution in [0, 0.1) is 5.92 Å². The van der Waals surface area contributed by atoms with Crippen LogP contribution in [0.4, 0.5) is 0 Å². The molecule has 0 saturated carbocycles. The number of hydrogen-bond donors (Lipinski definition) is 2. The molecule has 2 amide bonds. The fourth-order valence-corrected chi connectivity index (χ4v) is 3.48. The highest BCUT2D eigenvalue weighted by molar-refractivity contribution is 5.76. The molecule has 0 aliphatic heterocycles. The van der Waals surface area contributed by atoms with Crippen molar-refractivity contribution in [3.05, 3.63) is 0 Å². The van der Waals surface area contributed by atoms with Gasteiger partial charge in [0.2, 0.25) is 11.8 Å². The standard InChI is InChI=1S/C14H29NO.C13H27NO.2C2H6/c1-4-5-6-7-8-9-10-11-12-14(16)15-13(2)3;1-12(2)10-8-6-4-5-7-9-11-13(15)14-3;2*1-2/h13H,4-12H2,1-3H3,(H,15,16);12H,4-11H2,1-3H3,(H,14,15);2*1-2H3. The smallest absolute Gasteiger partial charge is 0.220 e. The highest BCUT2D eigenvalue weighted by Gasteiger charge is 2.02. The molecule has 0 radical (unpaired) electrons. The first-order chi connectivity index (χ1) is 16.8. The van der Waals surface area contributed by atoms with Gasteiger partial charge in [-0.1, -0.05) is 132 Å². The molecule has 214 valence electrons. The Labute approximate surface area is 222 Å². The van der Waals surface area contributed by atoms with Gasteiger partial charge in [-0.25, -0.2) is 0 Å². The van der Waals surface area contributed by atoms with Gasteiger partial charge in [-0.2, -0.15) is 0 Å². The fraction of sp³-hybridized carbons (Fsp3) is 0.935. The Morgan fingerprint density at radius 3 is 1.31 bits per heavy atom. The van der Waals surface area contributed by atoms with Crippen molar-refractivity contribution in [2.45, 2.75) is 178 Å². The molecule has 4 heteroatoms. The summed E-state index contributed by atoms with van der Waals surface area (Å²) in [6.07, 6.45) is 20.7. The lowest BCUT2D eigenvalue weighted by molar-refractivity contribution is -0.122. The van der Waals surface area contributed by atoms with E-state index < -0.39 is 0 Å². The van der Waals surface area contributed by atoms with Crippen molar-refractivity contribution in [3.8, 4) is 0 Å². The van der Waals surface area contributed by atoms with Crippen molar-refractivity contribution in [1.82, 2.24) is 10.6 Å². The minimum absolute atomic E-state index is 0.176. The molecule has 0 fully saturated rings. The zero-order valence-electron chi connectivity index (χ0n) is 26.0. The number of carbonyl (C=O) groups is 2. The SMILES string of the molecule is CC.CC.CCCCCCCCCCC(=O)NC(C)C.CNC(=O)CCCCCCCCC(C)C. The van der Waals surface area contributed by atoms with Crippen molar-refractivity contribution in [3.63, 3.8) is 0 Å². The number of carbonyl (C=O) groups excluding carboxylic acids is 2. The lowest BCUT2D eigenvalue weighted by Crippen LogP contribution is -2.29. The van der Waals surface area contributed by atoms with Gasteiger partial charge >= 0.3 is 0 Å². The Morgan fingerprint density at radius 1 is 0.571 bits per heavy atom. The van der Waals surface area contributed by atoms with Gasteiger partial charge in [-0.15, -0.1) is 0 Å².